The molecule has 0 unspecified atom stereocenters. The minimum atomic E-state index is -0.954. The highest BCUT2D eigenvalue weighted by molar-refractivity contribution is 7.19. The number of carboxylic acid groups (broad SMARTS) is 1. The predicted octanol–water partition coefficient (Wildman–Crippen LogP) is 3.04. The van der Waals surface area contributed by atoms with E-state index in [0.717, 1.165) is 16.0 Å². The zero-order valence-electron chi connectivity index (χ0n) is 11.5. The van der Waals surface area contributed by atoms with Gasteiger partial charge in [-0.25, -0.2) is 9.79 Å². The van der Waals surface area contributed by atoms with Crippen molar-refractivity contribution in [2.75, 3.05) is 14.1 Å². The Kier molecular flexibility index (Phi) is 4.14. The van der Waals surface area contributed by atoms with Crippen molar-refractivity contribution in [2.45, 2.75) is 6.92 Å². The lowest BCUT2D eigenvalue weighted by Gasteiger charge is -2.01. The first-order chi connectivity index (χ1) is 9.50. The average Bonchev–Trinajstić information content (AvgIpc) is 2.74. The summed E-state index contributed by atoms with van der Waals surface area (Å²) in [5, 5.41) is 9.89. The molecule has 0 fully saturated rings. The lowest BCUT2D eigenvalue weighted by atomic mass is 10.1. The van der Waals surface area contributed by atoms with Crippen molar-refractivity contribution in [1.82, 2.24) is 9.88 Å². The van der Waals surface area contributed by atoms with Crippen LogP contribution in [0, 0.1) is 6.92 Å². The van der Waals surface area contributed by atoms with E-state index in [-0.39, 0.29) is 5.56 Å². The molecule has 0 atom stereocenters. The van der Waals surface area contributed by atoms with Gasteiger partial charge in [0.05, 0.1) is 11.9 Å². The summed E-state index contributed by atoms with van der Waals surface area (Å²) in [6.07, 6.45) is 4.99. The first-order valence-electron chi connectivity index (χ1n) is 5.98. The number of carboxylic acids is 1. The number of nitrogens with zero attached hydrogens (tertiary/aromatic N) is 3. The number of aliphatic imine (C=N–C) groups is 1. The van der Waals surface area contributed by atoms with Crippen LogP contribution in [0.3, 0.4) is 0 Å². The third-order valence-electron chi connectivity index (χ3n) is 2.69. The van der Waals surface area contributed by atoms with Crippen LogP contribution in [0.25, 0.3) is 10.4 Å². The fourth-order valence-electron chi connectivity index (χ4n) is 1.79. The molecule has 20 heavy (non-hydrogen) atoms. The molecule has 2 heterocycles. The lowest BCUT2D eigenvalue weighted by molar-refractivity contribution is 0.0697. The molecule has 1 N–H and O–H groups in total. The maximum atomic E-state index is 11.4. The van der Waals surface area contributed by atoms with Gasteiger partial charge >= 0.3 is 5.97 Å². The summed E-state index contributed by atoms with van der Waals surface area (Å²) < 4.78 is 0. The standard InChI is InChI=1S/C14H15N3O2S/c1-9-11(14(18)19)13(16-8-17(2)3)20-12(9)10-4-6-15-7-5-10/h4-8H,1-3H3,(H,18,19)/b16-8+. The Morgan fingerprint density at radius 3 is 2.60 bits per heavy atom. The number of thiophene rings is 1. The van der Waals surface area contributed by atoms with E-state index in [4.69, 9.17) is 0 Å². The Hall–Kier alpha value is -2.21. The molecule has 2 rings (SSSR count). The fraction of sp³-hybridized carbons (Fsp3) is 0.214. The molecule has 5 nitrogen and oxygen atoms in total. The zero-order valence-corrected chi connectivity index (χ0v) is 12.3. The van der Waals surface area contributed by atoms with E-state index in [0.29, 0.717) is 5.00 Å². The summed E-state index contributed by atoms with van der Waals surface area (Å²) in [4.78, 5) is 22.4. The molecule has 0 spiro atoms. The lowest BCUT2D eigenvalue weighted by Crippen LogP contribution is -2.07. The van der Waals surface area contributed by atoms with Crippen LogP contribution in [0.2, 0.25) is 0 Å². The zero-order chi connectivity index (χ0) is 14.7. The van der Waals surface area contributed by atoms with Crippen molar-refractivity contribution in [3.05, 3.63) is 35.7 Å². The topological polar surface area (TPSA) is 65.8 Å². The number of aromatic carboxylic acids is 1. The van der Waals surface area contributed by atoms with Crippen LogP contribution in [0.1, 0.15) is 15.9 Å². The molecule has 0 aromatic carbocycles. The third kappa shape index (κ3) is 2.85. The Morgan fingerprint density at radius 2 is 2.05 bits per heavy atom. The number of carbonyl (C=O) groups is 1. The van der Waals surface area contributed by atoms with Gasteiger partial charge in [-0.2, -0.15) is 0 Å². The van der Waals surface area contributed by atoms with Gasteiger partial charge in [0.1, 0.15) is 5.00 Å². The van der Waals surface area contributed by atoms with E-state index in [9.17, 15) is 9.90 Å². The molecule has 2 aromatic rings. The second kappa shape index (κ2) is 5.83. The van der Waals surface area contributed by atoms with Crippen molar-refractivity contribution in [3.8, 4) is 10.4 Å². The molecule has 0 saturated carbocycles. The summed E-state index contributed by atoms with van der Waals surface area (Å²) in [6.45, 7) is 1.81. The van der Waals surface area contributed by atoms with Crippen molar-refractivity contribution in [1.29, 1.82) is 0 Å². The van der Waals surface area contributed by atoms with Gasteiger partial charge in [0.25, 0.3) is 0 Å². The second-order valence-electron chi connectivity index (χ2n) is 4.49. The summed E-state index contributed by atoms with van der Waals surface area (Å²) in [5.41, 5.74) is 1.95. The van der Waals surface area contributed by atoms with Gasteiger partial charge in [0.2, 0.25) is 0 Å². The number of pyridine rings is 1. The number of rotatable bonds is 4. The van der Waals surface area contributed by atoms with Crippen molar-refractivity contribution < 1.29 is 9.90 Å². The number of hydrogen-bond donors (Lipinski definition) is 1. The maximum absolute atomic E-state index is 11.4. The van der Waals surface area contributed by atoms with E-state index in [1.807, 2.05) is 33.2 Å². The highest BCUT2D eigenvalue weighted by Gasteiger charge is 2.21. The first-order valence-corrected chi connectivity index (χ1v) is 6.80. The monoisotopic (exact) mass is 289 g/mol. The highest BCUT2D eigenvalue weighted by atomic mass is 32.1. The average molecular weight is 289 g/mol. The Labute approximate surface area is 121 Å². The summed E-state index contributed by atoms with van der Waals surface area (Å²) in [5.74, 6) is -0.954. The SMILES string of the molecule is Cc1c(-c2ccncc2)sc(/N=C/N(C)C)c1C(=O)O. The first kappa shape index (κ1) is 14.2. The Morgan fingerprint density at radius 1 is 1.40 bits per heavy atom. The molecular weight excluding hydrogens is 274 g/mol. The van der Waals surface area contributed by atoms with Crippen molar-refractivity contribution in [3.63, 3.8) is 0 Å². The van der Waals surface area contributed by atoms with Gasteiger partial charge in [-0.1, -0.05) is 0 Å². The summed E-state index contributed by atoms with van der Waals surface area (Å²) in [6, 6.07) is 3.73. The summed E-state index contributed by atoms with van der Waals surface area (Å²) >= 11 is 1.38. The van der Waals surface area contributed by atoms with Crippen LogP contribution in [0.5, 0.6) is 0 Å². The quantitative estimate of drug-likeness (QED) is 0.694. The van der Waals surface area contributed by atoms with Gasteiger partial charge in [-0.05, 0) is 30.2 Å². The highest BCUT2D eigenvalue weighted by Crippen LogP contribution is 2.41. The fourth-order valence-corrected chi connectivity index (χ4v) is 2.93. The van der Waals surface area contributed by atoms with Gasteiger partial charge in [0, 0.05) is 31.4 Å². The van der Waals surface area contributed by atoms with Crippen molar-refractivity contribution >= 4 is 28.6 Å². The van der Waals surface area contributed by atoms with Crippen LogP contribution in [-0.4, -0.2) is 41.4 Å². The summed E-state index contributed by atoms with van der Waals surface area (Å²) in [7, 11) is 3.68. The van der Waals surface area contributed by atoms with E-state index < -0.39 is 5.97 Å². The van der Waals surface area contributed by atoms with E-state index in [1.165, 1.54) is 11.3 Å². The number of aromatic nitrogens is 1. The number of hydrogen-bond acceptors (Lipinski definition) is 4. The molecule has 104 valence electrons. The third-order valence-corrected chi connectivity index (χ3v) is 3.94. The Balaban J connectivity index is 2.56. The molecule has 0 bridgehead atoms. The molecule has 0 aliphatic heterocycles. The Bertz CT molecular complexity index is 648. The van der Waals surface area contributed by atoms with E-state index >= 15 is 0 Å². The van der Waals surface area contributed by atoms with E-state index in [2.05, 4.69) is 9.98 Å². The van der Waals surface area contributed by atoms with Crippen LogP contribution in [0.15, 0.2) is 29.5 Å². The molecule has 0 saturated heterocycles. The molecule has 2 aromatic heterocycles. The van der Waals surface area contributed by atoms with E-state index in [1.54, 1.807) is 23.6 Å². The van der Waals surface area contributed by atoms with Gasteiger partial charge in [0.15, 0.2) is 0 Å². The van der Waals surface area contributed by atoms with Gasteiger partial charge in [-0.3, -0.25) is 4.98 Å². The molecule has 0 aliphatic carbocycles. The minimum absolute atomic E-state index is 0.264. The molecule has 0 aliphatic rings. The minimum Gasteiger partial charge on any atom is -0.478 e. The second-order valence-corrected chi connectivity index (χ2v) is 5.48. The van der Waals surface area contributed by atoms with Gasteiger partial charge in [-0.15, -0.1) is 11.3 Å². The normalized spacial score (nSPS) is 10.9. The van der Waals surface area contributed by atoms with Crippen LogP contribution >= 0.6 is 11.3 Å². The smallest absolute Gasteiger partial charge is 0.339 e. The molecule has 6 heteroatoms. The van der Waals surface area contributed by atoms with Crippen molar-refractivity contribution in [2.24, 2.45) is 4.99 Å². The van der Waals surface area contributed by atoms with Crippen LogP contribution < -0.4 is 0 Å². The largest absolute Gasteiger partial charge is 0.478 e. The molecular formula is C14H15N3O2S. The van der Waals surface area contributed by atoms with Crippen LogP contribution in [0.4, 0.5) is 5.00 Å². The maximum Gasteiger partial charge on any atom is 0.339 e. The predicted molar refractivity (Wildman–Crippen MR) is 81.1 cm³/mol. The molecule has 0 radical (unpaired) electrons. The molecule has 0 amide bonds. The van der Waals surface area contributed by atoms with Crippen LogP contribution in [-0.2, 0) is 0 Å². The van der Waals surface area contributed by atoms with Gasteiger partial charge < -0.3 is 10.0 Å².